The smallest absolute Gasteiger partial charge is 0.262 e. The fraction of sp³-hybridized carbons (Fsp3) is 0.467. The highest BCUT2D eigenvalue weighted by atomic mass is 32.2. The standard InChI is InChI=1S/C15H20N4O3S/c1-11-14(5-4-7-16-11)22-13-6-8-19(9-13)23(20,21)15-10-18(3)12(2)17-15/h4-5,7,10,13H,6,8-9H2,1-3H3/t13-/m1/s1. The van der Waals surface area contributed by atoms with Crippen LogP contribution in [0, 0.1) is 13.8 Å². The van der Waals surface area contributed by atoms with Crippen molar-refractivity contribution in [3.05, 3.63) is 36.0 Å². The van der Waals surface area contributed by atoms with Crippen molar-refractivity contribution in [2.24, 2.45) is 7.05 Å². The van der Waals surface area contributed by atoms with Gasteiger partial charge in [-0.1, -0.05) is 0 Å². The summed E-state index contributed by atoms with van der Waals surface area (Å²) in [6, 6.07) is 3.66. The number of imidazole rings is 1. The van der Waals surface area contributed by atoms with Crippen LogP contribution in [0.4, 0.5) is 0 Å². The predicted octanol–water partition coefficient (Wildman–Crippen LogP) is 1.27. The molecule has 1 aliphatic rings. The molecule has 3 rings (SSSR count). The van der Waals surface area contributed by atoms with Crippen LogP contribution in [0.1, 0.15) is 17.9 Å². The summed E-state index contributed by atoms with van der Waals surface area (Å²) in [5, 5.41) is 0.0932. The third-order valence-electron chi connectivity index (χ3n) is 4.05. The highest BCUT2D eigenvalue weighted by Crippen LogP contribution is 2.24. The molecule has 0 aromatic carbocycles. The summed E-state index contributed by atoms with van der Waals surface area (Å²) in [6.45, 7) is 4.41. The topological polar surface area (TPSA) is 77.3 Å². The van der Waals surface area contributed by atoms with Crippen molar-refractivity contribution in [1.82, 2.24) is 18.8 Å². The molecule has 0 saturated carbocycles. The van der Waals surface area contributed by atoms with Gasteiger partial charge in [0.25, 0.3) is 10.0 Å². The minimum atomic E-state index is -3.57. The summed E-state index contributed by atoms with van der Waals surface area (Å²) in [7, 11) is -1.79. The van der Waals surface area contributed by atoms with Gasteiger partial charge in [-0.2, -0.15) is 4.31 Å². The molecular weight excluding hydrogens is 316 g/mol. The first kappa shape index (κ1) is 15.9. The minimum Gasteiger partial charge on any atom is -0.487 e. The molecule has 0 radical (unpaired) electrons. The Morgan fingerprint density at radius 3 is 2.78 bits per heavy atom. The fourth-order valence-corrected chi connectivity index (χ4v) is 4.08. The van der Waals surface area contributed by atoms with Gasteiger partial charge in [0.2, 0.25) is 0 Å². The van der Waals surface area contributed by atoms with Crippen LogP contribution >= 0.6 is 0 Å². The van der Waals surface area contributed by atoms with E-state index in [9.17, 15) is 8.42 Å². The second kappa shape index (κ2) is 5.93. The van der Waals surface area contributed by atoms with E-state index in [0.717, 1.165) is 5.69 Å². The van der Waals surface area contributed by atoms with Crippen LogP contribution in [0.2, 0.25) is 0 Å². The highest BCUT2D eigenvalue weighted by molar-refractivity contribution is 7.89. The molecule has 0 N–H and O–H groups in total. The van der Waals surface area contributed by atoms with Crippen LogP contribution in [0.3, 0.4) is 0 Å². The average Bonchev–Trinajstić information content (AvgIpc) is 3.10. The maximum atomic E-state index is 12.6. The monoisotopic (exact) mass is 336 g/mol. The largest absolute Gasteiger partial charge is 0.487 e. The van der Waals surface area contributed by atoms with Gasteiger partial charge in [-0.05, 0) is 32.4 Å². The molecule has 7 nitrogen and oxygen atoms in total. The molecular formula is C15H20N4O3S. The summed E-state index contributed by atoms with van der Waals surface area (Å²) in [5.41, 5.74) is 0.800. The summed E-state index contributed by atoms with van der Waals surface area (Å²) in [4.78, 5) is 8.31. The van der Waals surface area contributed by atoms with E-state index < -0.39 is 10.0 Å². The van der Waals surface area contributed by atoms with Gasteiger partial charge in [-0.15, -0.1) is 0 Å². The van der Waals surface area contributed by atoms with Gasteiger partial charge in [0.05, 0.1) is 12.2 Å². The first-order valence-corrected chi connectivity index (χ1v) is 8.90. The van der Waals surface area contributed by atoms with Gasteiger partial charge < -0.3 is 9.30 Å². The molecule has 3 heterocycles. The number of ether oxygens (including phenoxy) is 1. The van der Waals surface area contributed by atoms with Gasteiger partial charge in [0.15, 0.2) is 5.03 Å². The molecule has 0 aliphatic carbocycles. The van der Waals surface area contributed by atoms with E-state index in [0.29, 0.717) is 31.1 Å². The molecule has 1 aliphatic heterocycles. The Balaban J connectivity index is 1.73. The van der Waals surface area contributed by atoms with Crippen LogP contribution < -0.4 is 4.74 Å². The quantitative estimate of drug-likeness (QED) is 0.840. The number of hydrogen-bond acceptors (Lipinski definition) is 5. The molecule has 23 heavy (non-hydrogen) atoms. The van der Waals surface area contributed by atoms with E-state index in [1.165, 1.54) is 4.31 Å². The summed E-state index contributed by atoms with van der Waals surface area (Å²) in [6.07, 6.45) is 3.73. The fourth-order valence-electron chi connectivity index (χ4n) is 2.57. The summed E-state index contributed by atoms with van der Waals surface area (Å²) >= 11 is 0. The molecule has 8 heteroatoms. The lowest BCUT2D eigenvalue weighted by Crippen LogP contribution is -2.31. The van der Waals surface area contributed by atoms with Crippen LogP contribution in [-0.2, 0) is 17.1 Å². The molecule has 1 atom stereocenters. The Labute approximate surface area is 136 Å². The third kappa shape index (κ3) is 3.09. The Kier molecular flexibility index (Phi) is 4.11. The first-order chi connectivity index (χ1) is 10.9. The molecule has 2 aromatic heterocycles. The van der Waals surface area contributed by atoms with Crippen molar-refractivity contribution < 1.29 is 13.2 Å². The second-order valence-corrected chi connectivity index (χ2v) is 7.60. The zero-order chi connectivity index (χ0) is 16.6. The lowest BCUT2D eigenvalue weighted by Gasteiger charge is -2.16. The van der Waals surface area contributed by atoms with Crippen LogP contribution in [0.5, 0.6) is 5.75 Å². The minimum absolute atomic E-state index is 0.0932. The number of nitrogens with zero attached hydrogens (tertiary/aromatic N) is 4. The van der Waals surface area contributed by atoms with Crippen molar-refractivity contribution in [3.63, 3.8) is 0 Å². The van der Waals surface area contributed by atoms with Crippen LogP contribution in [0.25, 0.3) is 0 Å². The van der Waals surface area contributed by atoms with Crippen LogP contribution in [0.15, 0.2) is 29.6 Å². The maximum absolute atomic E-state index is 12.6. The van der Waals surface area contributed by atoms with Crippen molar-refractivity contribution in [2.75, 3.05) is 13.1 Å². The molecule has 1 fully saturated rings. The Hall–Kier alpha value is -1.93. The third-order valence-corrected chi connectivity index (χ3v) is 5.79. The molecule has 0 bridgehead atoms. The molecule has 0 spiro atoms. The molecule has 2 aromatic rings. The van der Waals surface area contributed by atoms with Gasteiger partial charge in [0, 0.05) is 26.0 Å². The average molecular weight is 336 g/mol. The number of aromatic nitrogens is 3. The van der Waals surface area contributed by atoms with E-state index in [1.54, 1.807) is 30.9 Å². The van der Waals surface area contributed by atoms with Gasteiger partial charge in [-0.25, -0.2) is 13.4 Å². The number of hydrogen-bond donors (Lipinski definition) is 0. The summed E-state index contributed by atoms with van der Waals surface area (Å²) in [5.74, 6) is 1.37. The zero-order valence-corrected chi connectivity index (χ0v) is 14.2. The number of sulfonamides is 1. The van der Waals surface area contributed by atoms with E-state index >= 15 is 0 Å². The van der Waals surface area contributed by atoms with Crippen molar-refractivity contribution in [3.8, 4) is 5.75 Å². The lowest BCUT2D eigenvalue weighted by atomic mass is 10.3. The SMILES string of the molecule is Cc1ncccc1O[C@@H]1CCN(S(=O)(=O)c2cn(C)c(C)n2)C1. The van der Waals surface area contributed by atoms with Crippen molar-refractivity contribution >= 4 is 10.0 Å². The van der Waals surface area contributed by atoms with Crippen molar-refractivity contribution in [1.29, 1.82) is 0 Å². The Morgan fingerprint density at radius 1 is 1.35 bits per heavy atom. The molecule has 0 amide bonds. The van der Waals surface area contributed by atoms with E-state index in [-0.39, 0.29) is 11.1 Å². The Morgan fingerprint density at radius 2 is 2.13 bits per heavy atom. The molecule has 124 valence electrons. The van der Waals surface area contributed by atoms with Gasteiger partial charge in [0.1, 0.15) is 17.7 Å². The lowest BCUT2D eigenvalue weighted by molar-refractivity contribution is 0.213. The number of rotatable bonds is 4. The van der Waals surface area contributed by atoms with E-state index in [2.05, 4.69) is 9.97 Å². The van der Waals surface area contributed by atoms with Crippen molar-refractivity contribution in [2.45, 2.75) is 31.4 Å². The normalized spacial score (nSPS) is 19.2. The van der Waals surface area contributed by atoms with Crippen LogP contribution in [-0.4, -0.2) is 46.5 Å². The zero-order valence-electron chi connectivity index (χ0n) is 13.4. The summed E-state index contributed by atoms with van der Waals surface area (Å²) < 4.78 is 34.3. The first-order valence-electron chi connectivity index (χ1n) is 7.46. The highest BCUT2D eigenvalue weighted by Gasteiger charge is 2.35. The van der Waals surface area contributed by atoms with Gasteiger partial charge in [-0.3, -0.25) is 4.98 Å². The molecule has 1 saturated heterocycles. The maximum Gasteiger partial charge on any atom is 0.262 e. The molecule has 0 unspecified atom stereocenters. The number of aryl methyl sites for hydroxylation is 3. The van der Waals surface area contributed by atoms with E-state index in [1.807, 2.05) is 19.1 Å². The predicted molar refractivity (Wildman–Crippen MR) is 84.7 cm³/mol. The van der Waals surface area contributed by atoms with Gasteiger partial charge >= 0.3 is 0 Å². The number of pyridine rings is 1. The van der Waals surface area contributed by atoms with E-state index in [4.69, 9.17) is 4.74 Å². The second-order valence-electron chi connectivity index (χ2n) is 5.72. The Bertz CT molecular complexity index is 796.